The Morgan fingerprint density at radius 3 is 2.88 bits per heavy atom. The van der Waals surface area contributed by atoms with Crippen molar-refractivity contribution in [2.24, 2.45) is 0 Å². The van der Waals surface area contributed by atoms with Crippen molar-refractivity contribution in [1.29, 1.82) is 0 Å². The van der Waals surface area contributed by atoms with Gasteiger partial charge in [0.15, 0.2) is 0 Å². The lowest BCUT2D eigenvalue weighted by molar-refractivity contribution is 0.555. The van der Waals surface area contributed by atoms with Crippen molar-refractivity contribution in [1.82, 2.24) is 15.1 Å². The maximum atomic E-state index is 5.80. The van der Waals surface area contributed by atoms with Crippen molar-refractivity contribution in [2.45, 2.75) is 19.0 Å². The van der Waals surface area contributed by atoms with Gasteiger partial charge in [-0.05, 0) is 17.2 Å². The lowest BCUT2D eigenvalue weighted by Crippen LogP contribution is -2.19. The molecule has 4 heteroatoms. The molecule has 2 aromatic rings. The summed E-state index contributed by atoms with van der Waals surface area (Å²) >= 11 is 5.80. The molecule has 1 aromatic carbocycles. The fourth-order valence-electron chi connectivity index (χ4n) is 1.68. The first-order chi connectivity index (χ1) is 8.38. The van der Waals surface area contributed by atoms with Crippen molar-refractivity contribution in [3.63, 3.8) is 0 Å². The molecule has 0 aliphatic heterocycles. The summed E-state index contributed by atoms with van der Waals surface area (Å²) in [6.07, 6.45) is 3.76. The second-order valence-corrected chi connectivity index (χ2v) is 4.17. The minimum Gasteiger partial charge on any atom is -0.311 e. The molecule has 1 N–H and O–H groups in total. The predicted octanol–water partition coefficient (Wildman–Crippen LogP) is 2.41. The summed E-state index contributed by atoms with van der Waals surface area (Å²) in [5.41, 5.74) is 2.43. The number of hydrogen-bond donors (Lipinski definition) is 1. The lowest BCUT2D eigenvalue weighted by atomic mass is 10.1. The number of rotatable bonds is 6. The molecule has 3 nitrogen and oxygen atoms in total. The van der Waals surface area contributed by atoms with Crippen molar-refractivity contribution < 1.29 is 0 Å². The summed E-state index contributed by atoms with van der Waals surface area (Å²) in [5, 5.41) is 7.53. The van der Waals surface area contributed by atoms with E-state index in [4.69, 9.17) is 11.6 Å². The predicted molar refractivity (Wildman–Crippen MR) is 69.9 cm³/mol. The minimum atomic E-state index is 0.571. The van der Waals surface area contributed by atoms with Crippen LogP contribution < -0.4 is 5.32 Å². The average Bonchev–Trinajstić information content (AvgIpc) is 2.88. The van der Waals surface area contributed by atoms with Crippen molar-refractivity contribution in [2.75, 3.05) is 6.54 Å². The zero-order valence-corrected chi connectivity index (χ0v) is 10.4. The quantitative estimate of drug-likeness (QED) is 0.630. The van der Waals surface area contributed by atoms with Crippen LogP contribution in [0.15, 0.2) is 42.7 Å². The maximum Gasteiger partial charge on any atom is 0.0534 e. The molecule has 0 bridgehead atoms. The third-order valence-corrected chi connectivity index (χ3v) is 2.86. The highest BCUT2D eigenvalue weighted by Crippen LogP contribution is 2.07. The van der Waals surface area contributed by atoms with Gasteiger partial charge in [0.25, 0.3) is 0 Å². The average molecular weight is 250 g/mol. The summed E-state index contributed by atoms with van der Waals surface area (Å²) in [7, 11) is 0. The molecule has 0 aliphatic carbocycles. The monoisotopic (exact) mass is 249 g/mol. The molecule has 17 heavy (non-hydrogen) atoms. The molecule has 0 saturated carbocycles. The van der Waals surface area contributed by atoms with E-state index in [0.717, 1.165) is 25.2 Å². The highest BCUT2D eigenvalue weighted by molar-refractivity contribution is 6.17. The van der Waals surface area contributed by atoms with Crippen molar-refractivity contribution >= 4 is 11.6 Å². The van der Waals surface area contributed by atoms with Gasteiger partial charge in [0.05, 0.1) is 6.54 Å². The van der Waals surface area contributed by atoms with E-state index in [2.05, 4.69) is 22.5 Å². The van der Waals surface area contributed by atoms with Crippen LogP contribution in [0.25, 0.3) is 0 Å². The lowest BCUT2D eigenvalue weighted by Gasteiger charge is -2.06. The molecular formula is C13H16ClN3. The zero-order chi connectivity index (χ0) is 11.9. The first kappa shape index (κ1) is 12.1. The van der Waals surface area contributed by atoms with Gasteiger partial charge in [0.1, 0.15) is 0 Å². The Morgan fingerprint density at radius 1 is 1.24 bits per heavy atom. The van der Waals surface area contributed by atoms with Gasteiger partial charge >= 0.3 is 0 Å². The molecule has 0 fully saturated rings. The maximum absolute atomic E-state index is 5.80. The Hall–Kier alpha value is -1.32. The molecule has 1 heterocycles. The largest absolute Gasteiger partial charge is 0.311 e. The van der Waals surface area contributed by atoms with E-state index in [9.17, 15) is 0 Å². The first-order valence-corrected chi connectivity index (χ1v) is 6.24. The van der Waals surface area contributed by atoms with Crippen LogP contribution in [0.2, 0.25) is 0 Å². The highest BCUT2D eigenvalue weighted by Gasteiger charge is 1.95. The summed E-state index contributed by atoms with van der Waals surface area (Å²) < 4.78 is 1.92. The Balaban J connectivity index is 1.74. The number of aromatic nitrogens is 2. The molecule has 0 atom stereocenters. The van der Waals surface area contributed by atoms with Crippen LogP contribution in [0.3, 0.4) is 0 Å². The minimum absolute atomic E-state index is 0.571. The van der Waals surface area contributed by atoms with E-state index in [0.29, 0.717) is 5.88 Å². The van der Waals surface area contributed by atoms with Gasteiger partial charge in [-0.25, -0.2) is 0 Å². The second kappa shape index (κ2) is 6.42. The number of nitrogens with one attached hydrogen (secondary N) is 1. The molecule has 90 valence electrons. The second-order valence-electron chi connectivity index (χ2n) is 3.90. The van der Waals surface area contributed by atoms with Crippen LogP contribution in [-0.2, 0) is 19.0 Å². The Labute approximate surface area is 106 Å². The summed E-state index contributed by atoms with van der Waals surface area (Å²) in [5.74, 6) is 0.571. The first-order valence-electron chi connectivity index (χ1n) is 5.70. The van der Waals surface area contributed by atoms with E-state index in [1.54, 1.807) is 6.20 Å². The van der Waals surface area contributed by atoms with Crippen molar-refractivity contribution in [3.8, 4) is 0 Å². The van der Waals surface area contributed by atoms with Crippen LogP contribution >= 0.6 is 11.6 Å². The molecule has 0 aliphatic rings. The molecule has 2 rings (SSSR count). The van der Waals surface area contributed by atoms with Crippen LogP contribution in [0.4, 0.5) is 0 Å². The Morgan fingerprint density at radius 2 is 2.12 bits per heavy atom. The van der Waals surface area contributed by atoms with Gasteiger partial charge in [0, 0.05) is 31.4 Å². The molecule has 0 unspecified atom stereocenters. The molecule has 0 saturated heterocycles. The van der Waals surface area contributed by atoms with Gasteiger partial charge in [0.2, 0.25) is 0 Å². The number of benzene rings is 1. The highest BCUT2D eigenvalue weighted by atomic mass is 35.5. The summed E-state index contributed by atoms with van der Waals surface area (Å²) in [4.78, 5) is 0. The van der Waals surface area contributed by atoms with Gasteiger partial charge in [-0.15, -0.1) is 11.6 Å². The Bertz CT molecular complexity index is 440. The normalized spacial score (nSPS) is 10.6. The van der Waals surface area contributed by atoms with Crippen LogP contribution in [-0.4, -0.2) is 16.3 Å². The van der Waals surface area contributed by atoms with Crippen molar-refractivity contribution in [3.05, 3.63) is 53.9 Å². The van der Waals surface area contributed by atoms with Gasteiger partial charge in [-0.3, -0.25) is 4.68 Å². The van der Waals surface area contributed by atoms with Gasteiger partial charge in [-0.2, -0.15) is 5.10 Å². The standard InChI is InChI=1S/C13H16ClN3/c14-10-12-3-1-4-13(9-12)11-15-6-8-17-7-2-5-16-17/h1-5,7,9,15H,6,8,10-11H2. The van der Waals surface area contributed by atoms with Crippen LogP contribution in [0.1, 0.15) is 11.1 Å². The van der Waals surface area contributed by atoms with Crippen LogP contribution in [0, 0.1) is 0 Å². The third-order valence-electron chi connectivity index (χ3n) is 2.55. The zero-order valence-electron chi connectivity index (χ0n) is 9.64. The molecule has 1 aromatic heterocycles. The van der Waals surface area contributed by atoms with E-state index in [1.165, 1.54) is 5.56 Å². The number of nitrogens with zero attached hydrogens (tertiary/aromatic N) is 2. The topological polar surface area (TPSA) is 29.9 Å². The van der Waals surface area contributed by atoms with E-state index in [1.807, 2.05) is 29.1 Å². The fourth-order valence-corrected chi connectivity index (χ4v) is 1.85. The van der Waals surface area contributed by atoms with Crippen LogP contribution in [0.5, 0.6) is 0 Å². The summed E-state index contributed by atoms with van der Waals surface area (Å²) in [6, 6.07) is 10.3. The third kappa shape index (κ3) is 3.88. The number of hydrogen-bond acceptors (Lipinski definition) is 2. The van der Waals surface area contributed by atoms with E-state index < -0.39 is 0 Å². The fraction of sp³-hybridized carbons (Fsp3) is 0.308. The van der Waals surface area contributed by atoms with E-state index in [-0.39, 0.29) is 0 Å². The Kier molecular flexibility index (Phi) is 4.59. The number of alkyl halides is 1. The van der Waals surface area contributed by atoms with Gasteiger partial charge < -0.3 is 5.32 Å². The summed E-state index contributed by atoms with van der Waals surface area (Å²) in [6.45, 7) is 2.67. The smallest absolute Gasteiger partial charge is 0.0534 e. The SMILES string of the molecule is ClCc1cccc(CNCCn2cccn2)c1. The molecule has 0 radical (unpaired) electrons. The van der Waals surface area contributed by atoms with E-state index >= 15 is 0 Å². The molecular weight excluding hydrogens is 234 g/mol. The van der Waals surface area contributed by atoms with Gasteiger partial charge in [-0.1, -0.05) is 24.3 Å². The molecule has 0 amide bonds. The number of halogens is 1. The molecule has 0 spiro atoms.